The van der Waals surface area contributed by atoms with E-state index in [9.17, 15) is 9.90 Å². The van der Waals surface area contributed by atoms with Gasteiger partial charge in [0, 0.05) is 5.56 Å². The first kappa shape index (κ1) is 16.6. The quantitative estimate of drug-likeness (QED) is 0.294. The number of nitrogens with two attached hydrogens (primary N) is 1. The van der Waals surface area contributed by atoms with Crippen LogP contribution in [-0.4, -0.2) is 18.1 Å². The number of fused-ring (bicyclic) bond motifs is 1. The number of carbonyl (C=O) groups excluding carboxylic acids is 1. The molecule has 3 rings (SSSR count). The average molecular weight is 338 g/mol. The zero-order chi connectivity index (χ0) is 18.0. The highest BCUT2D eigenvalue weighted by molar-refractivity contribution is 6.24. The van der Waals surface area contributed by atoms with Crippen LogP contribution < -0.4 is 16.0 Å². The molecule has 1 aromatic heterocycles. The molecule has 0 radical (unpaired) electrons. The molecule has 0 atom stereocenters. The lowest BCUT2D eigenvalue weighted by molar-refractivity contribution is -0.115. The first-order valence-corrected chi connectivity index (χ1v) is 7.63. The van der Waals surface area contributed by atoms with Gasteiger partial charge in [-0.1, -0.05) is 18.2 Å². The van der Waals surface area contributed by atoms with Gasteiger partial charge in [-0.2, -0.15) is 0 Å². The smallest absolute Gasteiger partial charge is 0.265 e. The van der Waals surface area contributed by atoms with E-state index in [1.165, 1.54) is 0 Å². The van der Waals surface area contributed by atoms with Gasteiger partial charge < -0.3 is 14.3 Å². The minimum Gasteiger partial charge on any atom is -0.507 e. The van der Waals surface area contributed by atoms with Crippen LogP contribution in [0.25, 0.3) is 22.6 Å². The van der Waals surface area contributed by atoms with Crippen molar-refractivity contribution in [1.29, 1.82) is 0 Å². The number of hydrogen-bond acceptors (Lipinski definition) is 5. The van der Waals surface area contributed by atoms with E-state index in [0.717, 1.165) is 5.56 Å². The van der Waals surface area contributed by atoms with Crippen molar-refractivity contribution in [2.75, 3.05) is 7.11 Å². The number of carbonyl (C=O) groups is 1. The molecule has 0 aliphatic carbocycles. The van der Waals surface area contributed by atoms with Crippen molar-refractivity contribution >= 4 is 28.5 Å². The standard InChI is InChI=1S/C19H18N2O4/c1-11-17(25-16-5-3-4-15(22)18(11)16)10-14(19(23)21-20)12-6-8-13(24-2)9-7-12/h3-10,22H,20H2,1-2H3,(H,21,23)/b14-10+. The summed E-state index contributed by atoms with van der Waals surface area (Å²) in [7, 11) is 1.57. The van der Waals surface area contributed by atoms with Gasteiger partial charge in [-0.25, -0.2) is 5.84 Å². The van der Waals surface area contributed by atoms with Crippen molar-refractivity contribution in [1.82, 2.24) is 5.43 Å². The van der Waals surface area contributed by atoms with Crippen LogP contribution in [0.5, 0.6) is 11.5 Å². The van der Waals surface area contributed by atoms with Gasteiger partial charge in [0.1, 0.15) is 22.8 Å². The number of methoxy groups -OCH3 is 1. The van der Waals surface area contributed by atoms with Crippen LogP contribution in [0.4, 0.5) is 0 Å². The van der Waals surface area contributed by atoms with Gasteiger partial charge in [0.2, 0.25) is 0 Å². The number of nitrogens with one attached hydrogen (secondary N) is 1. The maximum atomic E-state index is 12.2. The fourth-order valence-electron chi connectivity index (χ4n) is 2.70. The molecule has 1 amide bonds. The van der Waals surface area contributed by atoms with Crippen LogP contribution in [0.3, 0.4) is 0 Å². The van der Waals surface area contributed by atoms with E-state index in [1.807, 2.05) is 6.92 Å². The number of furan rings is 1. The fourth-order valence-corrected chi connectivity index (χ4v) is 2.70. The Morgan fingerprint density at radius 1 is 1.24 bits per heavy atom. The van der Waals surface area contributed by atoms with Crippen molar-refractivity contribution < 1.29 is 19.1 Å². The third-order valence-electron chi connectivity index (χ3n) is 4.02. The van der Waals surface area contributed by atoms with Crippen molar-refractivity contribution in [2.24, 2.45) is 5.84 Å². The lowest BCUT2D eigenvalue weighted by Gasteiger charge is -2.07. The molecule has 0 bridgehead atoms. The van der Waals surface area contributed by atoms with Crippen molar-refractivity contribution in [2.45, 2.75) is 6.92 Å². The van der Waals surface area contributed by atoms with E-state index in [4.69, 9.17) is 15.0 Å². The molecule has 0 saturated heterocycles. The number of amides is 1. The van der Waals surface area contributed by atoms with Gasteiger partial charge in [0.05, 0.1) is 18.1 Å². The number of phenols is 1. The van der Waals surface area contributed by atoms with Gasteiger partial charge >= 0.3 is 0 Å². The Balaban J connectivity index is 2.14. The topological polar surface area (TPSA) is 97.7 Å². The third kappa shape index (κ3) is 3.07. The van der Waals surface area contributed by atoms with Gasteiger partial charge in [-0.3, -0.25) is 10.2 Å². The van der Waals surface area contributed by atoms with Crippen molar-refractivity contribution in [3.63, 3.8) is 0 Å². The van der Waals surface area contributed by atoms with E-state index < -0.39 is 5.91 Å². The molecule has 128 valence electrons. The largest absolute Gasteiger partial charge is 0.507 e. The summed E-state index contributed by atoms with van der Waals surface area (Å²) in [5.41, 5.74) is 4.43. The molecule has 3 aromatic rings. The zero-order valence-electron chi connectivity index (χ0n) is 13.9. The number of rotatable bonds is 4. The van der Waals surface area contributed by atoms with E-state index >= 15 is 0 Å². The molecule has 6 nitrogen and oxygen atoms in total. The molecule has 1 heterocycles. The maximum absolute atomic E-state index is 12.2. The molecule has 0 aliphatic heterocycles. The first-order valence-electron chi connectivity index (χ1n) is 7.63. The second kappa shape index (κ2) is 6.70. The molecular formula is C19H18N2O4. The Kier molecular flexibility index (Phi) is 4.45. The van der Waals surface area contributed by atoms with E-state index in [-0.39, 0.29) is 5.75 Å². The predicted molar refractivity (Wildman–Crippen MR) is 95.8 cm³/mol. The van der Waals surface area contributed by atoms with Crippen molar-refractivity contribution in [3.8, 4) is 11.5 Å². The molecule has 25 heavy (non-hydrogen) atoms. The number of phenolic OH excluding ortho intramolecular Hbond substituents is 1. The lowest BCUT2D eigenvalue weighted by Crippen LogP contribution is -2.30. The second-order valence-corrected chi connectivity index (χ2v) is 5.50. The van der Waals surface area contributed by atoms with Crippen LogP contribution in [0.2, 0.25) is 0 Å². The van der Waals surface area contributed by atoms with Gasteiger partial charge in [0.25, 0.3) is 5.91 Å². The summed E-state index contributed by atoms with van der Waals surface area (Å²) in [6.07, 6.45) is 1.61. The van der Waals surface area contributed by atoms with Gasteiger partial charge in [-0.05, 0) is 42.8 Å². The Morgan fingerprint density at radius 3 is 2.56 bits per heavy atom. The third-order valence-corrected chi connectivity index (χ3v) is 4.02. The van der Waals surface area contributed by atoms with E-state index in [1.54, 1.807) is 55.7 Å². The fraction of sp³-hybridized carbons (Fsp3) is 0.105. The van der Waals surface area contributed by atoms with E-state index in [2.05, 4.69) is 5.43 Å². The molecule has 4 N–H and O–H groups in total. The minimum absolute atomic E-state index is 0.132. The zero-order valence-corrected chi connectivity index (χ0v) is 13.9. The summed E-state index contributed by atoms with van der Waals surface area (Å²) in [4.78, 5) is 12.2. The van der Waals surface area contributed by atoms with Gasteiger partial charge in [-0.15, -0.1) is 0 Å². The SMILES string of the molecule is COc1ccc(/C(=C\c2oc3cccc(O)c3c2C)C(=O)NN)cc1. The predicted octanol–water partition coefficient (Wildman–Crippen LogP) is 2.99. The lowest BCUT2D eigenvalue weighted by atomic mass is 10.0. The molecule has 0 saturated carbocycles. The first-order chi connectivity index (χ1) is 12.0. The number of hydrogen-bond donors (Lipinski definition) is 3. The maximum Gasteiger partial charge on any atom is 0.265 e. The van der Waals surface area contributed by atoms with Crippen LogP contribution in [-0.2, 0) is 4.79 Å². The molecule has 6 heteroatoms. The van der Waals surface area contributed by atoms with E-state index in [0.29, 0.717) is 33.6 Å². The number of ether oxygens (including phenoxy) is 1. The Bertz CT molecular complexity index is 955. The molecule has 0 aliphatic rings. The molecule has 2 aromatic carbocycles. The highest BCUT2D eigenvalue weighted by Gasteiger charge is 2.16. The second-order valence-electron chi connectivity index (χ2n) is 5.50. The normalized spacial score (nSPS) is 11.6. The summed E-state index contributed by atoms with van der Waals surface area (Å²) in [5, 5.41) is 10.7. The highest BCUT2D eigenvalue weighted by Crippen LogP contribution is 2.34. The Morgan fingerprint density at radius 2 is 1.96 bits per heavy atom. The molecule has 0 spiro atoms. The summed E-state index contributed by atoms with van der Waals surface area (Å²) >= 11 is 0. The molecule has 0 unspecified atom stereocenters. The van der Waals surface area contributed by atoms with Crippen LogP contribution >= 0.6 is 0 Å². The summed E-state index contributed by atoms with van der Waals surface area (Å²) in [6.45, 7) is 1.82. The average Bonchev–Trinajstić information content (AvgIpc) is 2.96. The number of hydrazine groups is 1. The van der Waals surface area contributed by atoms with Crippen molar-refractivity contribution in [3.05, 3.63) is 59.4 Å². The Hall–Kier alpha value is -3.25. The monoisotopic (exact) mass is 338 g/mol. The Labute approximate surface area is 144 Å². The summed E-state index contributed by atoms with van der Waals surface area (Å²) in [5.74, 6) is 6.16. The molecule has 0 fully saturated rings. The number of aryl methyl sites for hydroxylation is 1. The summed E-state index contributed by atoms with van der Waals surface area (Å²) < 4.78 is 10.9. The number of benzene rings is 2. The van der Waals surface area contributed by atoms with Crippen LogP contribution in [0.15, 0.2) is 46.9 Å². The minimum atomic E-state index is -0.450. The van der Waals surface area contributed by atoms with Gasteiger partial charge in [0.15, 0.2) is 0 Å². The highest BCUT2D eigenvalue weighted by atomic mass is 16.5. The molecular weight excluding hydrogens is 320 g/mol. The summed E-state index contributed by atoms with van der Waals surface area (Å²) in [6, 6.07) is 12.1. The van der Waals surface area contributed by atoms with Crippen LogP contribution in [0.1, 0.15) is 16.9 Å². The van der Waals surface area contributed by atoms with Crippen LogP contribution in [0, 0.1) is 6.92 Å². The number of aromatic hydroxyl groups is 1.